The SMILES string of the molecule is CCCCCCCCCC[C@@H](Br)C(F)(F)F. The minimum Gasteiger partial charge on any atom is -0.170 e. The molecule has 0 N–H and O–H groups in total. The van der Waals surface area contributed by atoms with Crippen LogP contribution in [0.4, 0.5) is 13.2 Å². The highest BCUT2D eigenvalue weighted by atomic mass is 79.9. The van der Waals surface area contributed by atoms with Gasteiger partial charge in [-0.05, 0) is 6.42 Å². The Bertz CT molecular complexity index is 157. The summed E-state index contributed by atoms with van der Waals surface area (Å²) in [6.45, 7) is 2.17. The van der Waals surface area contributed by atoms with Crippen molar-refractivity contribution in [3.8, 4) is 0 Å². The first-order valence-electron chi connectivity index (χ1n) is 6.19. The quantitative estimate of drug-likeness (QED) is 0.370. The molecule has 0 aromatic carbocycles. The molecule has 1 atom stereocenters. The number of alkyl halides is 4. The molecule has 0 saturated heterocycles. The Balaban J connectivity index is 3.21. The van der Waals surface area contributed by atoms with E-state index in [0.29, 0.717) is 6.42 Å². The van der Waals surface area contributed by atoms with Crippen LogP contribution in [0.3, 0.4) is 0 Å². The summed E-state index contributed by atoms with van der Waals surface area (Å²) in [4.78, 5) is -1.32. The Labute approximate surface area is 105 Å². The lowest BCUT2D eigenvalue weighted by atomic mass is 10.1. The van der Waals surface area contributed by atoms with E-state index in [4.69, 9.17) is 0 Å². The molecule has 0 saturated carbocycles. The van der Waals surface area contributed by atoms with Crippen molar-refractivity contribution in [3.05, 3.63) is 0 Å². The number of unbranched alkanes of at least 4 members (excludes halogenated alkanes) is 7. The third-order valence-electron chi connectivity index (χ3n) is 2.67. The van der Waals surface area contributed by atoms with Crippen LogP contribution in [0.2, 0.25) is 0 Å². The van der Waals surface area contributed by atoms with Gasteiger partial charge in [0.25, 0.3) is 0 Å². The number of rotatable bonds is 9. The lowest BCUT2D eigenvalue weighted by molar-refractivity contribution is -0.128. The van der Waals surface area contributed by atoms with Gasteiger partial charge in [0.1, 0.15) is 4.83 Å². The molecule has 4 heteroatoms. The van der Waals surface area contributed by atoms with Crippen LogP contribution in [0.15, 0.2) is 0 Å². The van der Waals surface area contributed by atoms with Gasteiger partial charge in [-0.3, -0.25) is 0 Å². The molecular weight excluding hydrogens is 281 g/mol. The molecule has 0 rings (SSSR count). The molecule has 0 heterocycles. The average molecular weight is 303 g/mol. The van der Waals surface area contributed by atoms with E-state index in [1.807, 2.05) is 0 Å². The van der Waals surface area contributed by atoms with Crippen molar-refractivity contribution >= 4 is 15.9 Å². The topological polar surface area (TPSA) is 0 Å². The summed E-state index contributed by atoms with van der Waals surface area (Å²) in [6.07, 6.45) is 4.95. The van der Waals surface area contributed by atoms with E-state index < -0.39 is 11.0 Å². The molecule has 0 aliphatic carbocycles. The average Bonchev–Trinajstić information content (AvgIpc) is 2.20. The Morgan fingerprint density at radius 1 is 0.875 bits per heavy atom. The maximum absolute atomic E-state index is 12.1. The first-order valence-corrected chi connectivity index (χ1v) is 7.10. The van der Waals surface area contributed by atoms with Crippen LogP contribution in [0.1, 0.15) is 64.7 Å². The minimum absolute atomic E-state index is 0.207. The second-order valence-corrected chi connectivity index (χ2v) is 5.38. The first-order chi connectivity index (χ1) is 7.48. The summed E-state index contributed by atoms with van der Waals surface area (Å²) >= 11 is 2.68. The summed E-state index contributed by atoms with van der Waals surface area (Å²) < 4.78 is 36.4. The fraction of sp³-hybridized carbons (Fsp3) is 1.00. The summed E-state index contributed by atoms with van der Waals surface area (Å²) in [5, 5.41) is 0. The van der Waals surface area contributed by atoms with E-state index in [0.717, 1.165) is 12.8 Å². The lowest BCUT2D eigenvalue weighted by Gasteiger charge is -2.13. The summed E-state index contributed by atoms with van der Waals surface area (Å²) in [5.41, 5.74) is 0. The standard InChI is InChI=1S/C12H22BrF3/c1-2-3-4-5-6-7-8-9-10-11(13)12(14,15)16/h11H,2-10H2,1H3/t11-/m1/s1. The summed E-state index contributed by atoms with van der Waals surface area (Å²) in [6, 6.07) is 0. The first kappa shape index (κ1) is 16.3. The predicted octanol–water partition coefficient (Wildman–Crippen LogP) is 5.84. The van der Waals surface area contributed by atoms with Crippen LogP contribution >= 0.6 is 15.9 Å². The summed E-state index contributed by atoms with van der Waals surface area (Å²) in [5.74, 6) is 0. The highest BCUT2D eigenvalue weighted by Crippen LogP contribution is 2.30. The molecule has 0 aliphatic heterocycles. The highest BCUT2D eigenvalue weighted by molar-refractivity contribution is 9.09. The molecule has 0 amide bonds. The zero-order valence-electron chi connectivity index (χ0n) is 9.95. The van der Waals surface area contributed by atoms with E-state index in [9.17, 15) is 13.2 Å². The normalized spacial score (nSPS) is 14.1. The largest absolute Gasteiger partial charge is 0.401 e. The van der Waals surface area contributed by atoms with Crippen LogP contribution in [0, 0.1) is 0 Å². The molecule has 0 nitrogen and oxygen atoms in total. The molecule has 16 heavy (non-hydrogen) atoms. The monoisotopic (exact) mass is 302 g/mol. The Morgan fingerprint density at radius 2 is 1.31 bits per heavy atom. The Morgan fingerprint density at radius 3 is 1.75 bits per heavy atom. The van der Waals surface area contributed by atoms with Crippen LogP contribution in [0.5, 0.6) is 0 Å². The van der Waals surface area contributed by atoms with Crippen LogP contribution in [-0.2, 0) is 0 Å². The van der Waals surface area contributed by atoms with Gasteiger partial charge in [-0.25, -0.2) is 0 Å². The number of hydrogen-bond acceptors (Lipinski definition) is 0. The van der Waals surface area contributed by atoms with Crippen molar-refractivity contribution in [1.29, 1.82) is 0 Å². The third kappa shape index (κ3) is 9.49. The molecule has 0 fully saturated rings. The predicted molar refractivity (Wildman–Crippen MR) is 66.0 cm³/mol. The van der Waals surface area contributed by atoms with Crippen molar-refractivity contribution < 1.29 is 13.2 Å². The van der Waals surface area contributed by atoms with Crippen molar-refractivity contribution in [2.75, 3.05) is 0 Å². The van der Waals surface area contributed by atoms with Gasteiger partial charge in [-0.1, -0.05) is 74.2 Å². The van der Waals surface area contributed by atoms with Gasteiger partial charge in [0.2, 0.25) is 0 Å². The molecule has 0 aliphatic rings. The zero-order valence-corrected chi connectivity index (χ0v) is 11.5. The van der Waals surface area contributed by atoms with Gasteiger partial charge in [0.05, 0.1) is 0 Å². The van der Waals surface area contributed by atoms with Gasteiger partial charge in [0, 0.05) is 0 Å². The van der Waals surface area contributed by atoms with Crippen molar-refractivity contribution in [2.45, 2.75) is 75.7 Å². The smallest absolute Gasteiger partial charge is 0.170 e. The minimum atomic E-state index is -4.08. The third-order valence-corrected chi connectivity index (χ3v) is 3.64. The van der Waals surface area contributed by atoms with Crippen LogP contribution in [0.25, 0.3) is 0 Å². The Hall–Kier alpha value is 0.270. The number of halogens is 4. The van der Waals surface area contributed by atoms with Crippen molar-refractivity contribution in [2.24, 2.45) is 0 Å². The maximum Gasteiger partial charge on any atom is 0.401 e. The second-order valence-electron chi connectivity index (χ2n) is 4.27. The van der Waals surface area contributed by atoms with E-state index in [-0.39, 0.29) is 6.42 Å². The van der Waals surface area contributed by atoms with Gasteiger partial charge < -0.3 is 0 Å². The molecule has 0 spiro atoms. The highest BCUT2D eigenvalue weighted by Gasteiger charge is 2.36. The fourth-order valence-corrected chi connectivity index (χ4v) is 1.94. The van der Waals surface area contributed by atoms with Gasteiger partial charge in [-0.15, -0.1) is 0 Å². The second kappa shape index (κ2) is 9.32. The van der Waals surface area contributed by atoms with Gasteiger partial charge >= 0.3 is 6.18 Å². The molecular formula is C12H22BrF3. The summed E-state index contributed by atoms with van der Waals surface area (Å²) in [7, 11) is 0. The molecule has 0 bridgehead atoms. The van der Waals surface area contributed by atoms with Crippen molar-refractivity contribution in [3.63, 3.8) is 0 Å². The van der Waals surface area contributed by atoms with Crippen LogP contribution < -0.4 is 0 Å². The van der Waals surface area contributed by atoms with E-state index in [1.165, 1.54) is 32.1 Å². The molecule has 0 aromatic rings. The molecule has 0 aromatic heterocycles. The van der Waals surface area contributed by atoms with E-state index in [1.54, 1.807) is 0 Å². The van der Waals surface area contributed by atoms with E-state index in [2.05, 4.69) is 22.9 Å². The molecule has 98 valence electrons. The maximum atomic E-state index is 12.1. The number of hydrogen-bond donors (Lipinski definition) is 0. The fourth-order valence-electron chi connectivity index (χ4n) is 1.62. The molecule has 0 radical (unpaired) electrons. The lowest BCUT2D eigenvalue weighted by Crippen LogP contribution is -2.22. The van der Waals surface area contributed by atoms with Crippen LogP contribution in [-0.4, -0.2) is 11.0 Å². The Kier molecular flexibility index (Phi) is 9.47. The van der Waals surface area contributed by atoms with Gasteiger partial charge in [0.15, 0.2) is 0 Å². The van der Waals surface area contributed by atoms with Gasteiger partial charge in [-0.2, -0.15) is 13.2 Å². The molecule has 0 unspecified atom stereocenters. The van der Waals surface area contributed by atoms with E-state index >= 15 is 0 Å². The zero-order chi connectivity index (χ0) is 12.4. The van der Waals surface area contributed by atoms with Crippen molar-refractivity contribution in [1.82, 2.24) is 0 Å².